The van der Waals surface area contributed by atoms with Crippen molar-refractivity contribution in [3.8, 4) is 0 Å². The summed E-state index contributed by atoms with van der Waals surface area (Å²) in [5.41, 5.74) is 7.05. The van der Waals surface area contributed by atoms with Crippen LogP contribution in [0.4, 0.5) is 8.78 Å². The summed E-state index contributed by atoms with van der Waals surface area (Å²) in [5, 5.41) is 0. The van der Waals surface area contributed by atoms with E-state index in [1.54, 1.807) is 24.3 Å². The molecule has 0 saturated heterocycles. The molecule has 0 aliphatic carbocycles. The average Bonchev–Trinajstić information content (AvgIpc) is 2.40. The molecule has 2 aromatic rings. The van der Waals surface area contributed by atoms with Crippen molar-refractivity contribution in [1.29, 1.82) is 0 Å². The Hall–Kier alpha value is -1.39. The van der Waals surface area contributed by atoms with Gasteiger partial charge in [0, 0.05) is 17.2 Å². The molecule has 0 fully saturated rings. The summed E-state index contributed by atoms with van der Waals surface area (Å²) in [4.78, 5) is 0.911. The van der Waals surface area contributed by atoms with Crippen LogP contribution in [-0.2, 0) is 12.3 Å². The standard InChI is InChI=1S/C14H13F2NS/c15-12-2-4-13(5-3-12)18-9-11-7-10(8-17)1-6-14(11)16/h1-7H,8-9,17H2. The van der Waals surface area contributed by atoms with Crippen molar-refractivity contribution in [2.24, 2.45) is 5.73 Å². The van der Waals surface area contributed by atoms with Crippen molar-refractivity contribution in [3.05, 3.63) is 65.2 Å². The lowest BCUT2D eigenvalue weighted by molar-refractivity contribution is 0.616. The number of rotatable bonds is 4. The lowest BCUT2D eigenvalue weighted by atomic mass is 10.1. The second kappa shape index (κ2) is 5.98. The summed E-state index contributed by atoms with van der Waals surface area (Å²) in [6.45, 7) is 0.397. The van der Waals surface area contributed by atoms with Crippen LogP contribution in [0.25, 0.3) is 0 Å². The highest BCUT2D eigenvalue weighted by Crippen LogP contribution is 2.24. The molecule has 0 aliphatic rings. The summed E-state index contributed by atoms with van der Waals surface area (Å²) in [6, 6.07) is 11.1. The lowest BCUT2D eigenvalue weighted by Crippen LogP contribution is -1.98. The first-order chi connectivity index (χ1) is 8.69. The van der Waals surface area contributed by atoms with E-state index < -0.39 is 0 Å². The maximum absolute atomic E-state index is 13.6. The second-order valence-corrected chi connectivity index (χ2v) is 4.92. The Morgan fingerprint density at radius 3 is 2.39 bits per heavy atom. The molecule has 0 amide bonds. The van der Waals surface area contributed by atoms with Crippen LogP contribution in [0.3, 0.4) is 0 Å². The highest BCUT2D eigenvalue weighted by Gasteiger charge is 2.04. The van der Waals surface area contributed by atoms with Gasteiger partial charge in [0.1, 0.15) is 11.6 Å². The van der Waals surface area contributed by atoms with Crippen molar-refractivity contribution in [2.45, 2.75) is 17.2 Å². The van der Waals surface area contributed by atoms with Crippen molar-refractivity contribution in [2.75, 3.05) is 0 Å². The SMILES string of the molecule is NCc1ccc(F)c(CSc2ccc(F)cc2)c1. The summed E-state index contributed by atoms with van der Waals surface area (Å²) in [6.07, 6.45) is 0. The molecule has 1 nitrogen and oxygen atoms in total. The highest BCUT2D eigenvalue weighted by molar-refractivity contribution is 7.98. The minimum Gasteiger partial charge on any atom is -0.326 e. The number of hydrogen-bond acceptors (Lipinski definition) is 2. The molecule has 2 N–H and O–H groups in total. The van der Waals surface area contributed by atoms with Gasteiger partial charge in [-0.3, -0.25) is 0 Å². The Morgan fingerprint density at radius 1 is 1.00 bits per heavy atom. The molecule has 94 valence electrons. The van der Waals surface area contributed by atoms with Crippen LogP contribution < -0.4 is 5.73 Å². The Balaban J connectivity index is 2.07. The zero-order chi connectivity index (χ0) is 13.0. The van der Waals surface area contributed by atoms with Gasteiger partial charge in [0.2, 0.25) is 0 Å². The first kappa shape index (κ1) is 13.1. The van der Waals surface area contributed by atoms with Gasteiger partial charge in [0.25, 0.3) is 0 Å². The van der Waals surface area contributed by atoms with Gasteiger partial charge in [0.05, 0.1) is 0 Å². The first-order valence-electron chi connectivity index (χ1n) is 5.55. The van der Waals surface area contributed by atoms with E-state index in [0.717, 1.165) is 10.5 Å². The molecule has 0 saturated carbocycles. The first-order valence-corrected chi connectivity index (χ1v) is 6.53. The number of halogens is 2. The van der Waals surface area contributed by atoms with E-state index in [9.17, 15) is 8.78 Å². The van der Waals surface area contributed by atoms with E-state index in [-0.39, 0.29) is 11.6 Å². The van der Waals surface area contributed by atoms with E-state index in [1.807, 2.05) is 0 Å². The van der Waals surface area contributed by atoms with Gasteiger partial charge in [0.15, 0.2) is 0 Å². The van der Waals surface area contributed by atoms with Crippen molar-refractivity contribution in [1.82, 2.24) is 0 Å². The molecule has 0 aromatic heterocycles. The fourth-order valence-corrected chi connectivity index (χ4v) is 2.43. The van der Waals surface area contributed by atoms with Gasteiger partial charge in [-0.1, -0.05) is 12.1 Å². The molecule has 18 heavy (non-hydrogen) atoms. The van der Waals surface area contributed by atoms with Gasteiger partial charge < -0.3 is 5.73 Å². The van der Waals surface area contributed by atoms with E-state index >= 15 is 0 Å². The van der Waals surface area contributed by atoms with E-state index in [0.29, 0.717) is 17.9 Å². The quantitative estimate of drug-likeness (QED) is 0.853. The van der Waals surface area contributed by atoms with Gasteiger partial charge in [-0.15, -0.1) is 11.8 Å². The van der Waals surface area contributed by atoms with Gasteiger partial charge in [-0.25, -0.2) is 8.78 Å². The van der Waals surface area contributed by atoms with Gasteiger partial charge in [-0.05, 0) is 41.5 Å². The van der Waals surface area contributed by atoms with Crippen LogP contribution in [-0.4, -0.2) is 0 Å². The molecule has 0 aliphatic heterocycles. The minimum atomic E-state index is -0.268. The summed E-state index contributed by atoms with van der Waals surface area (Å²) >= 11 is 1.47. The maximum Gasteiger partial charge on any atom is 0.127 e. The molecular formula is C14H13F2NS. The Labute approximate surface area is 109 Å². The number of benzene rings is 2. The third kappa shape index (κ3) is 3.31. The molecule has 0 heterocycles. The highest BCUT2D eigenvalue weighted by atomic mass is 32.2. The van der Waals surface area contributed by atoms with Crippen LogP contribution in [0.1, 0.15) is 11.1 Å². The average molecular weight is 265 g/mol. The van der Waals surface area contributed by atoms with E-state index in [1.165, 1.54) is 30.0 Å². The zero-order valence-electron chi connectivity index (χ0n) is 9.70. The lowest BCUT2D eigenvalue weighted by Gasteiger charge is -2.06. The number of thioether (sulfide) groups is 1. The van der Waals surface area contributed by atoms with Crippen LogP contribution >= 0.6 is 11.8 Å². The van der Waals surface area contributed by atoms with Crippen molar-refractivity contribution >= 4 is 11.8 Å². The number of hydrogen-bond donors (Lipinski definition) is 1. The van der Waals surface area contributed by atoms with Crippen LogP contribution in [0.5, 0.6) is 0 Å². The molecule has 0 atom stereocenters. The third-order valence-electron chi connectivity index (χ3n) is 2.55. The molecule has 4 heteroatoms. The van der Waals surface area contributed by atoms with Crippen LogP contribution in [0.2, 0.25) is 0 Å². The monoisotopic (exact) mass is 265 g/mol. The molecule has 2 rings (SSSR count). The van der Waals surface area contributed by atoms with Crippen LogP contribution in [0, 0.1) is 11.6 Å². The molecule has 0 bridgehead atoms. The Kier molecular flexibility index (Phi) is 4.33. The smallest absolute Gasteiger partial charge is 0.127 e. The van der Waals surface area contributed by atoms with E-state index in [2.05, 4.69) is 0 Å². The van der Waals surface area contributed by atoms with Gasteiger partial charge in [-0.2, -0.15) is 0 Å². The summed E-state index contributed by atoms with van der Waals surface area (Å²) < 4.78 is 26.3. The molecular weight excluding hydrogens is 252 g/mol. The third-order valence-corrected chi connectivity index (χ3v) is 3.61. The van der Waals surface area contributed by atoms with E-state index in [4.69, 9.17) is 5.73 Å². The van der Waals surface area contributed by atoms with Crippen LogP contribution in [0.15, 0.2) is 47.4 Å². The fourth-order valence-electron chi connectivity index (χ4n) is 1.56. The topological polar surface area (TPSA) is 26.0 Å². The minimum absolute atomic E-state index is 0.234. The largest absolute Gasteiger partial charge is 0.326 e. The van der Waals surface area contributed by atoms with Crippen molar-refractivity contribution in [3.63, 3.8) is 0 Å². The normalized spacial score (nSPS) is 10.6. The molecule has 0 unspecified atom stereocenters. The number of nitrogens with two attached hydrogens (primary N) is 1. The molecule has 0 spiro atoms. The predicted octanol–water partition coefficient (Wildman–Crippen LogP) is 3.72. The Morgan fingerprint density at radius 2 is 1.72 bits per heavy atom. The summed E-state index contributed by atoms with van der Waals surface area (Å²) in [7, 11) is 0. The summed E-state index contributed by atoms with van der Waals surface area (Å²) in [5.74, 6) is 0.00292. The predicted molar refractivity (Wildman–Crippen MR) is 70.3 cm³/mol. The molecule has 0 radical (unpaired) electrons. The Bertz CT molecular complexity index is 526. The second-order valence-electron chi connectivity index (χ2n) is 3.87. The fraction of sp³-hybridized carbons (Fsp3) is 0.143. The maximum atomic E-state index is 13.6. The zero-order valence-corrected chi connectivity index (χ0v) is 10.5. The molecule has 2 aromatic carbocycles. The van der Waals surface area contributed by atoms with Gasteiger partial charge >= 0.3 is 0 Å². The van der Waals surface area contributed by atoms with Crippen molar-refractivity contribution < 1.29 is 8.78 Å².